The Bertz CT molecular complexity index is 544. The predicted molar refractivity (Wildman–Crippen MR) is 78.7 cm³/mol. The standard InChI is InChI=1S/C16H21N3O/c20-16(8-4-5-9-16)13-17-10-14-11-18-19(12-14)15-6-2-1-3-7-15/h1-3,6-7,11-12,17,20H,4-5,8-10,13H2. The molecule has 0 amide bonds. The van der Waals surface area contributed by atoms with Gasteiger partial charge in [-0.15, -0.1) is 0 Å². The molecule has 0 bridgehead atoms. The maximum Gasteiger partial charge on any atom is 0.0771 e. The van der Waals surface area contributed by atoms with Crippen LogP contribution in [0.15, 0.2) is 42.7 Å². The minimum Gasteiger partial charge on any atom is -0.389 e. The Balaban J connectivity index is 1.55. The Kier molecular flexibility index (Phi) is 3.85. The van der Waals surface area contributed by atoms with Crippen molar-refractivity contribution in [2.24, 2.45) is 0 Å². The normalized spacial score (nSPS) is 17.4. The highest BCUT2D eigenvalue weighted by atomic mass is 16.3. The molecule has 4 heteroatoms. The van der Waals surface area contributed by atoms with Gasteiger partial charge >= 0.3 is 0 Å². The fraction of sp³-hybridized carbons (Fsp3) is 0.438. The van der Waals surface area contributed by atoms with E-state index in [0.717, 1.165) is 43.5 Å². The second-order valence-electron chi connectivity index (χ2n) is 5.66. The molecule has 0 saturated heterocycles. The minimum absolute atomic E-state index is 0.491. The van der Waals surface area contributed by atoms with Gasteiger partial charge in [0, 0.05) is 24.8 Å². The first-order chi connectivity index (χ1) is 9.75. The number of para-hydroxylation sites is 1. The molecule has 1 aromatic carbocycles. The van der Waals surface area contributed by atoms with Crippen LogP contribution in [0.5, 0.6) is 0 Å². The molecule has 1 heterocycles. The van der Waals surface area contributed by atoms with Crippen molar-refractivity contribution in [3.05, 3.63) is 48.3 Å². The van der Waals surface area contributed by atoms with Crippen LogP contribution < -0.4 is 5.32 Å². The molecule has 1 aromatic heterocycles. The number of hydrogen-bond acceptors (Lipinski definition) is 3. The fourth-order valence-electron chi connectivity index (χ4n) is 2.82. The summed E-state index contributed by atoms with van der Waals surface area (Å²) in [5.41, 5.74) is 1.71. The van der Waals surface area contributed by atoms with Gasteiger partial charge in [0.25, 0.3) is 0 Å². The fourth-order valence-corrected chi connectivity index (χ4v) is 2.82. The number of nitrogens with one attached hydrogen (secondary N) is 1. The van der Waals surface area contributed by atoms with E-state index in [0.29, 0.717) is 6.54 Å². The van der Waals surface area contributed by atoms with Crippen molar-refractivity contribution in [3.63, 3.8) is 0 Å². The van der Waals surface area contributed by atoms with E-state index in [1.165, 1.54) is 0 Å². The van der Waals surface area contributed by atoms with Gasteiger partial charge in [0.05, 0.1) is 17.5 Å². The van der Waals surface area contributed by atoms with E-state index in [9.17, 15) is 5.11 Å². The number of hydrogen-bond donors (Lipinski definition) is 2. The molecule has 2 aromatic rings. The number of benzene rings is 1. The Morgan fingerprint density at radius 1 is 1.20 bits per heavy atom. The quantitative estimate of drug-likeness (QED) is 0.877. The second kappa shape index (κ2) is 5.77. The lowest BCUT2D eigenvalue weighted by molar-refractivity contribution is 0.0475. The van der Waals surface area contributed by atoms with Crippen LogP contribution in [0.4, 0.5) is 0 Å². The number of rotatable bonds is 5. The van der Waals surface area contributed by atoms with Gasteiger partial charge < -0.3 is 10.4 Å². The van der Waals surface area contributed by atoms with Crippen LogP contribution in [0.3, 0.4) is 0 Å². The van der Waals surface area contributed by atoms with Crippen molar-refractivity contribution in [1.29, 1.82) is 0 Å². The summed E-state index contributed by atoms with van der Waals surface area (Å²) in [4.78, 5) is 0. The topological polar surface area (TPSA) is 50.1 Å². The van der Waals surface area contributed by atoms with Gasteiger partial charge in [0.1, 0.15) is 0 Å². The summed E-state index contributed by atoms with van der Waals surface area (Å²) in [5.74, 6) is 0. The molecule has 1 saturated carbocycles. The summed E-state index contributed by atoms with van der Waals surface area (Å²) in [5, 5.41) is 18.0. The molecule has 106 valence electrons. The third kappa shape index (κ3) is 3.08. The summed E-state index contributed by atoms with van der Waals surface area (Å²) < 4.78 is 1.88. The Morgan fingerprint density at radius 3 is 2.70 bits per heavy atom. The monoisotopic (exact) mass is 271 g/mol. The van der Waals surface area contributed by atoms with Crippen LogP contribution in [0, 0.1) is 0 Å². The second-order valence-corrected chi connectivity index (χ2v) is 5.66. The SMILES string of the molecule is OC1(CNCc2cnn(-c3ccccc3)c2)CCCC1. The molecular formula is C16H21N3O. The lowest BCUT2D eigenvalue weighted by Gasteiger charge is -2.22. The molecule has 20 heavy (non-hydrogen) atoms. The number of aliphatic hydroxyl groups is 1. The molecule has 0 radical (unpaired) electrons. The molecule has 0 spiro atoms. The molecule has 1 fully saturated rings. The zero-order valence-electron chi connectivity index (χ0n) is 11.6. The Hall–Kier alpha value is -1.65. The van der Waals surface area contributed by atoms with E-state index < -0.39 is 5.60 Å². The van der Waals surface area contributed by atoms with E-state index >= 15 is 0 Å². The van der Waals surface area contributed by atoms with Crippen molar-refractivity contribution < 1.29 is 5.11 Å². The first-order valence-corrected chi connectivity index (χ1v) is 7.27. The first-order valence-electron chi connectivity index (χ1n) is 7.27. The molecule has 1 aliphatic rings. The summed E-state index contributed by atoms with van der Waals surface area (Å²) in [6.45, 7) is 1.42. The third-order valence-corrected chi connectivity index (χ3v) is 3.97. The van der Waals surface area contributed by atoms with Crippen LogP contribution >= 0.6 is 0 Å². The van der Waals surface area contributed by atoms with Crippen LogP contribution in [-0.2, 0) is 6.54 Å². The lowest BCUT2D eigenvalue weighted by Crippen LogP contribution is -2.37. The predicted octanol–water partition coefficient (Wildman–Crippen LogP) is 2.27. The van der Waals surface area contributed by atoms with Crippen molar-refractivity contribution in [1.82, 2.24) is 15.1 Å². The van der Waals surface area contributed by atoms with E-state index in [-0.39, 0.29) is 0 Å². The number of aromatic nitrogens is 2. The molecular weight excluding hydrogens is 250 g/mol. The Labute approximate surface area is 119 Å². The van der Waals surface area contributed by atoms with E-state index in [1.54, 1.807) is 0 Å². The largest absolute Gasteiger partial charge is 0.389 e. The van der Waals surface area contributed by atoms with Crippen LogP contribution in [-0.4, -0.2) is 27.0 Å². The highest BCUT2D eigenvalue weighted by molar-refractivity contribution is 5.30. The highest BCUT2D eigenvalue weighted by Crippen LogP contribution is 2.28. The molecule has 3 rings (SSSR count). The van der Waals surface area contributed by atoms with Crippen LogP contribution in [0.1, 0.15) is 31.2 Å². The maximum absolute atomic E-state index is 10.3. The zero-order valence-corrected chi connectivity index (χ0v) is 11.6. The first kappa shape index (κ1) is 13.3. The third-order valence-electron chi connectivity index (χ3n) is 3.97. The lowest BCUT2D eigenvalue weighted by atomic mass is 10.0. The average Bonchev–Trinajstić information content (AvgIpc) is 3.10. The minimum atomic E-state index is -0.491. The van der Waals surface area contributed by atoms with Gasteiger partial charge in [0.2, 0.25) is 0 Å². The van der Waals surface area contributed by atoms with Crippen molar-refractivity contribution in [2.45, 2.75) is 37.8 Å². The molecule has 0 aliphatic heterocycles. The van der Waals surface area contributed by atoms with Gasteiger partial charge in [0.15, 0.2) is 0 Å². The van der Waals surface area contributed by atoms with Crippen molar-refractivity contribution >= 4 is 0 Å². The van der Waals surface area contributed by atoms with E-state index in [2.05, 4.69) is 10.4 Å². The maximum atomic E-state index is 10.3. The highest BCUT2D eigenvalue weighted by Gasteiger charge is 2.30. The number of nitrogens with zero attached hydrogens (tertiary/aromatic N) is 2. The molecule has 2 N–H and O–H groups in total. The molecule has 0 unspecified atom stereocenters. The average molecular weight is 271 g/mol. The van der Waals surface area contributed by atoms with E-state index in [4.69, 9.17) is 0 Å². The summed E-state index contributed by atoms with van der Waals surface area (Å²) in [6, 6.07) is 10.1. The summed E-state index contributed by atoms with van der Waals surface area (Å²) in [6.07, 6.45) is 8.03. The van der Waals surface area contributed by atoms with Crippen molar-refractivity contribution in [3.8, 4) is 5.69 Å². The van der Waals surface area contributed by atoms with Crippen molar-refractivity contribution in [2.75, 3.05) is 6.54 Å². The van der Waals surface area contributed by atoms with E-state index in [1.807, 2.05) is 47.4 Å². The summed E-state index contributed by atoms with van der Waals surface area (Å²) in [7, 11) is 0. The van der Waals surface area contributed by atoms with Crippen LogP contribution in [0.2, 0.25) is 0 Å². The molecule has 0 atom stereocenters. The molecule has 1 aliphatic carbocycles. The molecule has 4 nitrogen and oxygen atoms in total. The van der Waals surface area contributed by atoms with Gasteiger partial charge in [-0.05, 0) is 25.0 Å². The summed E-state index contributed by atoms with van der Waals surface area (Å²) >= 11 is 0. The van der Waals surface area contributed by atoms with Gasteiger partial charge in [-0.2, -0.15) is 5.10 Å². The van der Waals surface area contributed by atoms with Gasteiger partial charge in [-0.25, -0.2) is 4.68 Å². The Morgan fingerprint density at radius 2 is 1.95 bits per heavy atom. The van der Waals surface area contributed by atoms with Gasteiger partial charge in [-0.3, -0.25) is 0 Å². The van der Waals surface area contributed by atoms with Gasteiger partial charge in [-0.1, -0.05) is 31.0 Å². The smallest absolute Gasteiger partial charge is 0.0771 e. The van der Waals surface area contributed by atoms with Crippen LogP contribution in [0.25, 0.3) is 5.69 Å². The zero-order chi connectivity index (χ0) is 13.8.